The minimum absolute atomic E-state index is 0.279. The number of carbonyl (C=O) groups is 4. The molecule has 3 aromatic carbocycles. The average molecular weight is 509 g/mol. The van der Waals surface area contributed by atoms with Gasteiger partial charge in [-0.2, -0.15) is 0 Å². The molecular formula is C30H24N2O6. The Bertz CT molecular complexity index is 1490. The minimum atomic E-state index is -0.881. The van der Waals surface area contributed by atoms with E-state index in [9.17, 15) is 19.2 Å². The highest BCUT2D eigenvalue weighted by atomic mass is 16.5. The number of amides is 2. The first-order chi connectivity index (χ1) is 18.4. The van der Waals surface area contributed by atoms with Crippen molar-refractivity contribution in [3.63, 3.8) is 0 Å². The number of nitrogens with zero attached hydrogens (tertiary/aromatic N) is 2. The summed E-state index contributed by atoms with van der Waals surface area (Å²) in [4.78, 5) is 56.2. The molecule has 0 spiro atoms. The maximum absolute atomic E-state index is 14.0. The van der Waals surface area contributed by atoms with Crippen molar-refractivity contribution in [3.05, 3.63) is 95.7 Å². The van der Waals surface area contributed by atoms with Gasteiger partial charge in [-0.25, -0.2) is 4.90 Å². The van der Waals surface area contributed by atoms with E-state index >= 15 is 0 Å². The van der Waals surface area contributed by atoms with Crippen LogP contribution in [0.5, 0.6) is 11.5 Å². The molecule has 2 amide bonds. The summed E-state index contributed by atoms with van der Waals surface area (Å²) in [7, 11) is 1.54. The van der Waals surface area contributed by atoms with Crippen molar-refractivity contribution in [3.8, 4) is 11.5 Å². The van der Waals surface area contributed by atoms with Gasteiger partial charge in [0.05, 0.1) is 30.7 Å². The number of hydrogen-bond acceptors (Lipinski definition) is 7. The van der Waals surface area contributed by atoms with Gasteiger partial charge in [0, 0.05) is 18.7 Å². The molecule has 8 heteroatoms. The number of carbonyl (C=O) groups excluding carboxylic acids is 4. The fourth-order valence-electron chi connectivity index (χ4n) is 5.87. The summed E-state index contributed by atoms with van der Waals surface area (Å²) in [5, 5.41) is 0. The number of benzene rings is 3. The number of imide groups is 1. The summed E-state index contributed by atoms with van der Waals surface area (Å²) in [6, 6.07) is 19.4. The van der Waals surface area contributed by atoms with E-state index in [2.05, 4.69) is 0 Å². The van der Waals surface area contributed by atoms with Gasteiger partial charge in [-0.15, -0.1) is 0 Å². The van der Waals surface area contributed by atoms with Crippen LogP contribution in [0.1, 0.15) is 34.5 Å². The molecule has 3 aliphatic rings. The number of esters is 1. The molecule has 0 saturated carbocycles. The molecule has 0 aromatic heterocycles. The molecule has 38 heavy (non-hydrogen) atoms. The van der Waals surface area contributed by atoms with Gasteiger partial charge in [0.25, 0.3) is 0 Å². The Balaban J connectivity index is 1.43. The van der Waals surface area contributed by atoms with E-state index in [1.807, 2.05) is 41.4 Å². The highest BCUT2D eigenvalue weighted by Crippen LogP contribution is 2.53. The lowest BCUT2D eigenvalue weighted by Crippen LogP contribution is -2.44. The summed E-state index contributed by atoms with van der Waals surface area (Å²) in [6.07, 6.45) is 3.73. The Hall–Kier alpha value is -4.72. The third-order valence-electron chi connectivity index (χ3n) is 7.46. The standard InChI is InChI=1S/C30H24N2O6/c1-17(33)38-22-11-7-19(8-12-22)28(34)27-25-24(26-23-6-4-3-5-18(23)15-16-31(26)27)29(35)32(30(25)36)20-9-13-21(37-2)14-10-20/h3-16,24-27H,1-2H3. The fourth-order valence-corrected chi connectivity index (χ4v) is 5.87. The number of methoxy groups -OCH3 is 1. The molecule has 0 aliphatic carbocycles. The number of ketones is 1. The van der Waals surface area contributed by atoms with Crippen LogP contribution >= 0.6 is 0 Å². The van der Waals surface area contributed by atoms with Gasteiger partial charge in [-0.1, -0.05) is 24.3 Å². The molecule has 6 rings (SSSR count). The summed E-state index contributed by atoms with van der Waals surface area (Å²) >= 11 is 0. The maximum atomic E-state index is 14.0. The number of fused-ring (bicyclic) bond motifs is 5. The van der Waals surface area contributed by atoms with E-state index in [-0.39, 0.29) is 11.7 Å². The highest BCUT2D eigenvalue weighted by molar-refractivity contribution is 6.24. The van der Waals surface area contributed by atoms with Gasteiger partial charge < -0.3 is 14.4 Å². The molecule has 190 valence electrons. The monoisotopic (exact) mass is 508 g/mol. The van der Waals surface area contributed by atoms with E-state index < -0.39 is 35.8 Å². The lowest BCUT2D eigenvalue weighted by atomic mass is 9.83. The predicted octanol–water partition coefficient (Wildman–Crippen LogP) is 4.02. The van der Waals surface area contributed by atoms with E-state index in [0.717, 1.165) is 11.1 Å². The van der Waals surface area contributed by atoms with Crippen LogP contribution in [0.4, 0.5) is 5.69 Å². The number of rotatable bonds is 5. The van der Waals surface area contributed by atoms with Crippen molar-refractivity contribution in [1.82, 2.24) is 4.90 Å². The number of ether oxygens (including phenoxy) is 2. The normalized spacial score (nSPS) is 23.1. The third-order valence-corrected chi connectivity index (χ3v) is 7.46. The molecule has 8 nitrogen and oxygen atoms in total. The van der Waals surface area contributed by atoms with Crippen molar-refractivity contribution in [2.75, 3.05) is 12.0 Å². The molecule has 3 aromatic rings. The molecule has 3 heterocycles. The topological polar surface area (TPSA) is 93.2 Å². The summed E-state index contributed by atoms with van der Waals surface area (Å²) < 4.78 is 10.3. The van der Waals surface area contributed by atoms with Crippen LogP contribution in [-0.4, -0.2) is 41.6 Å². The third kappa shape index (κ3) is 3.60. The maximum Gasteiger partial charge on any atom is 0.308 e. The fraction of sp³-hybridized carbons (Fsp3) is 0.200. The van der Waals surface area contributed by atoms with Gasteiger partial charge in [0.15, 0.2) is 5.78 Å². The molecule has 4 unspecified atom stereocenters. The van der Waals surface area contributed by atoms with Crippen LogP contribution in [-0.2, 0) is 14.4 Å². The van der Waals surface area contributed by atoms with Crippen molar-refractivity contribution in [1.29, 1.82) is 0 Å². The van der Waals surface area contributed by atoms with E-state index in [4.69, 9.17) is 9.47 Å². The molecular weight excluding hydrogens is 484 g/mol. The van der Waals surface area contributed by atoms with Crippen molar-refractivity contribution < 1.29 is 28.7 Å². The van der Waals surface area contributed by atoms with E-state index in [1.165, 1.54) is 11.8 Å². The highest BCUT2D eigenvalue weighted by Gasteiger charge is 2.64. The molecule has 0 N–H and O–H groups in total. The Kier molecular flexibility index (Phi) is 5.60. The number of anilines is 1. The summed E-state index contributed by atoms with van der Waals surface area (Å²) in [5.74, 6) is -2.14. The molecule has 0 radical (unpaired) electrons. The van der Waals surface area contributed by atoms with E-state index in [0.29, 0.717) is 22.7 Å². The zero-order valence-electron chi connectivity index (χ0n) is 20.7. The second kappa shape index (κ2) is 8.99. The quantitative estimate of drug-likeness (QED) is 0.222. The van der Waals surface area contributed by atoms with Gasteiger partial charge >= 0.3 is 5.97 Å². The Morgan fingerprint density at radius 2 is 1.47 bits per heavy atom. The molecule has 0 bridgehead atoms. The first kappa shape index (κ1) is 23.7. The van der Waals surface area contributed by atoms with Crippen molar-refractivity contribution >= 4 is 35.3 Å². The SMILES string of the molecule is COc1ccc(N2C(=O)C3C(C2=O)C2c4ccccc4C=CN2C3C(=O)c2ccc(OC(C)=O)cc2)cc1. The van der Waals surface area contributed by atoms with Crippen LogP contribution < -0.4 is 14.4 Å². The van der Waals surface area contributed by atoms with Gasteiger partial charge in [-0.3, -0.25) is 19.2 Å². The zero-order chi connectivity index (χ0) is 26.6. The Morgan fingerprint density at radius 3 is 2.16 bits per heavy atom. The predicted molar refractivity (Wildman–Crippen MR) is 138 cm³/mol. The van der Waals surface area contributed by atoms with Gasteiger partial charge in [0.2, 0.25) is 11.8 Å². The number of Topliss-reactive ketones (excluding diaryl/α,β-unsaturated/α-hetero) is 1. The second-order valence-corrected chi connectivity index (χ2v) is 9.53. The Labute approximate surface area is 219 Å². The van der Waals surface area contributed by atoms with Crippen LogP contribution in [0.2, 0.25) is 0 Å². The smallest absolute Gasteiger partial charge is 0.308 e. The number of hydrogen-bond donors (Lipinski definition) is 0. The first-order valence-electron chi connectivity index (χ1n) is 12.3. The average Bonchev–Trinajstić information content (AvgIpc) is 3.40. The van der Waals surface area contributed by atoms with Crippen LogP contribution in [0.15, 0.2) is 79.0 Å². The summed E-state index contributed by atoms with van der Waals surface area (Å²) in [5.41, 5.74) is 2.66. The lowest BCUT2D eigenvalue weighted by molar-refractivity contribution is -0.132. The van der Waals surface area contributed by atoms with Crippen LogP contribution in [0, 0.1) is 11.8 Å². The van der Waals surface area contributed by atoms with Crippen molar-refractivity contribution in [2.24, 2.45) is 11.8 Å². The molecule has 3 aliphatic heterocycles. The van der Waals surface area contributed by atoms with Gasteiger partial charge in [0.1, 0.15) is 17.5 Å². The second-order valence-electron chi connectivity index (χ2n) is 9.53. The van der Waals surface area contributed by atoms with E-state index in [1.54, 1.807) is 55.6 Å². The summed E-state index contributed by atoms with van der Waals surface area (Å²) in [6.45, 7) is 1.30. The van der Waals surface area contributed by atoms with Crippen LogP contribution in [0.3, 0.4) is 0 Å². The Morgan fingerprint density at radius 1 is 0.816 bits per heavy atom. The molecule has 2 fully saturated rings. The minimum Gasteiger partial charge on any atom is -0.497 e. The van der Waals surface area contributed by atoms with Crippen molar-refractivity contribution in [2.45, 2.75) is 19.0 Å². The largest absolute Gasteiger partial charge is 0.497 e. The van der Waals surface area contributed by atoms with Gasteiger partial charge in [-0.05, 0) is 65.7 Å². The zero-order valence-corrected chi connectivity index (χ0v) is 20.7. The molecule has 2 saturated heterocycles. The lowest BCUT2D eigenvalue weighted by Gasteiger charge is -2.35. The molecule has 4 atom stereocenters. The van der Waals surface area contributed by atoms with Crippen LogP contribution in [0.25, 0.3) is 6.08 Å². The first-order valence-corrected chi connectivity index (χ1v) is 12.3.